The normalized spacial score (nSPS) is 14.9. The van der Waals surface area contributed by atoms with Crippen LogP contribution in [0.15, 0.2) is 64.6 Å². The van der Waals surface area contributed by atoms with E-state index in [1.807, 2.05) is 36.6 Å². The van der Waals surface area contributed by atoms with Crippen molar-refractivity contribution in [1.29, 1.82) is 0 Å². The van der Waals surface area contributed by atoms with Crippen LogP contribution >= 0.6 is 11.3 Å². The fourth-order valence-corrected chi connectivity index (χ4v) is 3.81. The minimum atomic E-state index is -5.08. The van der Waals surface area contributed by atoms with E-state index < -0.39 is 35.9 Å². The van der Waals surface area contributed by atoms with Crippen LogP contribution < -0.4 is 5.32 Å². The van der Waals surface area contributed by atoms with E-state index >= 15 is 0 Å². The number of benzene rings is 1. The van der Waals surface area contributed by atoms with E-state index in [0.29, 0.717) is 0 Å². The maximum Gasteiger partial charge on any atom is 0.425 e. The second kappa shape index (κ2) is 8.42. The number of aliphatic hydroxyl groups is 1. The molecule has 2 aromatic heterocycles. The molecular formula is C21H20F3NO3S. The molecule has 1 aromatic carbocycles. The fourth-order valence-electron chi connectivity index (χ4n) is 3.01. The van der Waals surface area contributed by atoms with Gasteiger partial charge >= 0.3 is 6.18 Å². The van der Waals surface area contributed by atoms with Crippen LogP contribution in [0, 0.1) is 0 Å². The average Bonchev–Trinajstić information content (AvgIpc) is 3.39. The first-order valence-corrected chi connectivity index (χ1v) is 9.87. The lowest BCUT2D eigenvalue weighted by molar-refractivity contribution is -0.273. The number of hydrogen-bond acceptors (Lipinski definition) is 4. The van der Waals surface area contributed by atoms with E-state index in [9.17, 15) is 23.1 Å². The van der Waals surface area contributed by atoms with Crippen molar-refractivity contribution in [2.75, 3.05) is 0 Å². The Morgan fingerprint density at radius 2 is 1.90 bits per heavy atom. The molecule has 0 bridgehead atoms. The average molecular weight is 423 g/mol. The molecule has 0 aliphatic carbocycles. The monoisotopic (exact) mass is 423 g/mol. The lowest BCUT2D eigenvalue weighted by atomic mass is 9.94. The van der Waals surface area contributed by atoms with E-state index in [1.165, 1.54) is 17.4 Å². The van der Waals surface area contributed by atoms with Crippen molar-refractivity contribution in [3.8, 4) is 0 Å². The zero-order valence-electron chi connectivity index (χ0n) is 15.6. The first-order chi connectivity index (χ1) is 13.7. The fraction of sp³-hybridized carbons (Fsp3) is 0.286. The number of furan rings is 1. The standard InChI is InChI=1S/C21H20F3NO3S/c1-2-14-7-9-15(10-8-14)19(16-5-4-12-29-16)25-18(26)13-20(27,21(22,23)24)17-6-3-11-28-17/h3-12,19,27H,2,13H2,1H3,(H,25,26)/t19-,20+/m1/s1. The Balaban J connectivity index is 1.86. The van der Waals surface area contributed by atoms with Crippen molar-refractivity contribution in [3.05, 3.63) is 81.9 Å². The number of carbonyl (C=O) groups is 1. The number of amides is 1. The van der Waals surface area contributed by atoms with Gasteiger partial charge in [-0.05, 0) is 41.1 Å². The van der Waals surface area contributed by atoms with Crippen LogP contribution in [0.2, 0.25) is 0 Å². The van der Waals surface area contributed by atoms with Gasteiger partial charge in [-0.3, -0.25) is 4.79 Å². The minimum Gasteiger partial charge on any atom is -0.466 e. The van der Waals surface area contributed by atoms with Gasteiger partial charge in [-0.25, -0.2) is 0 Å². The minimum absolute atomic E-state index is 0.623. The lowest BCUT2D eigenvalue weighted by Crippen LogP contribution is -2.46. The Morgan fingerprint density at radius 3 is 2.41 bits per heavy atom. The molecule has 2 heterocycles. The third-order valence-corrected chi connectivity index (χ3v) is 5.61. The highest BCUT2D eigenvalue weighted by Gasteiger charge is 2.58. The van der Waals surface area contributed by atoms with Crippen LogP contribution in [0.1, 0.15) is 41.2 Å². The summed E-state index contributed by atoms with van der Waals surface area (Å²) in [5, 5.41) is 14.7. The molecule has 0 unspecified atom stereocenters. The van der Waals surface area contributed by atoms with Crippen molar-refractivity contribution < 1.29 is 27.5 Å². The molecule has 0 aliphatic rings. The summed E-state index contributed by atoms with van der Waals surface area (Å²) in [6, 6.07) is 12.7. The summed E-state index contributed by atoms with van der Waals surface area (Å²) in [5.41, 5.74) is -1.56. The van der Waals surface area contributed by atoms with Gasteiger partial charge in [-0.1, -0.05) is 37.3 Å². The Bertz CT molecular complexity index is 921. The number of rotatable bonds is 7. The molecule has 0 saturated carbocycles. The first kappa shape index (κ1) is 21.1. The highest BCUT2D eigenvalue weighted by Crippen LogP contribution is 2.42. The molecule has 1 amide bonds. The van der Waals surface area contributed by atoms with E-state index in [2.05, 4.69) is 5.32 Å². The summed E-state index contributed by atoms with van der Waals surface area (Å²) in [6.07, 6.45) is -4.42. The highest BCUT2D eigenvalue weighted by molar-refractivity contribution is 7.10. The molecule has 4 nitrogen and oxygen atoms in total. The van der Waals surface area contributed by atoms with Crippen LogP contribution in [0.5, 0.6) is 0 Å². The van der Waals surface area contributed by atoms with Crippen LogP contribution in [0.3, 0.4) is 0 Å². The van der Waals surface area contributed by atoms with Gasteiger partial charge in [0.2, 0.25) is 11.5 Å². The van der Waals surface area contributed by atoms with E-state index in [0.717, 1.165) is 34.8 Å². The lowest BCUT2D eigenvalue weighted by Gasteiger charge is -2.29. The molecule has 2 atom stereocenters. The Hall–Kier alpha value is -2.58. The maximum atomic E-state index is 13.6. The van der Waals surface area contributed by atoms with Gasteiger partial charge in [0.05, 0.1) is 18.7 Å². The van der Waals surface area contributed by atoms with E-state index in [-0.39, 0.29) is 0 Å². The maximum absolute atomic E-state index is 13.6. The summed E-state index contributed by atoms with van der Waals surface area (Å²) in [6.45, 7) is 2.01. The van der Waals surface area contributed by atoms with Gasteiger partial charge < -0.3 is 14.8 Å². The van der Waals surface area contributed by atoms with Gasteiger partial charge in [-0.15, -0.1) is 11.3 Å². The van der Waals surface area contributed by atoms with E-state index in [4.69, 9.17) is 4.42 Å². The number of hydrogen-bond donors (Lipinski definition) is 2. The largest absolute Gasteiger partial charge is 0.466 e. The number of nitrogens with one attached hydrogen (secondary N) is 1. The summed E-state index contributed by atoms with van der Waals surface area (Å²) < 4.78 is 45.4. The topological polar surface area (TPSA) is 62.5 Å². The van der Waals surface area contributed by atoms with Gasteiger partial charge in [0, 0.05) is 4.88 Å². The molecular weight excluding hydrogens is 403 g/mol. The zero-order chi connectivity index (χ0) is 21.1. The number of aryl methyl sites for hydroxylation is 1. The molecule has 0 saturated heterocycles. The molecule has 154 valence electrons. The van der Waals surface area contributed by atoms with E-state index in [1.54, 1.807) is 12.1 Å². The van der Waals surface area contributed by atoms with Gasteiger partial charge in [0.1, 0.15) is 5.76 Å². The van der Waals surface area contributed by atoms with Crippen molar-refractivity contribution in [3.63, 3.8) is 0 Å². The second-order valence-electron chi connectivity index (χ2n) is 6.62. The summed E-state index contributed by atoms with van der Waals surface area (Å²) in [4.78, 5) is 13.4. The molecule has 8 heteroatoms. The number of thiophene rings is 1. The molecule has 2 N–H and O–H groups in total. The quantitative estimate of drug-likeness (QED) is 0.565. The molecule has 29 heavy (non-hydrogen) atoms. The van der Waals surface area contributed by atoms with Crippen molar-refractivity contribution in [2.45, 2.75) is 37.6 Å². The first-order valence-electron chi connectivity index (χ1n) is 8.99. The van der Waals surface area contributed by atoms with Crippen molar-refractivity contribution >= 4 is 17.2 Å². The molecule has 0 aliphatic heterocycles. The van der Waals surface area contributed by atoms with Crippen LogP contribution in [-0.4, -0.2) is 17.2 Å². The van der Waals surface area contributed by atoms with Crippen molar-refractivity contribution in [2.24, 2.45) is 0 Å². The van der Waals surface area contributed by atoms with Crippen molar-refractivity contribution in [1.82, 2.24) is 5.32 Å². The summed E-state index contributed by atoms with van der Waals surface area (Å²) >= 11 is 1.38. The summed E-state index contributed by atoms with van der Waals surface area (Å²) in [7, 11) is 0. The Labute approximate surface area is 170 Å². The van der Waals surface area contributed by atoms with Gasteiger partial charge in [-0.2, -0.15) is 13.2 Å². The molecule has 3 rings (SSSR count). The molecule has 0 spiro atoms. The molecule has 0 radical (unpaired) electrons. The Kier molecular flexibility index (Phi) is 6.14. The third kappa shape index (κ3) is 4.54. The van der Waals surface area contributed by atoms with Crippen LogP contribution in [0.4, 0.5) is 13.2 Å². The van der Waals surface area contributed by atoms with Gasteiger partial charge in [0.15, 0.2) is 0 Å². The third-order valence-electron chi connectivity index (χ3n) is 4.67. The van der Waals surface area contributed by atoms with Crippen LogP contribution in [0.25, 0.3) is 0 Å². The van der Waals surface area contributed by atoms with Gasteiger partial charge in [0.25, 0.3) is 0 Å². The number of halogens is 3. The SMILES string of the molecule is CCc1ccc([C@@H](NC(=O)C[C@](O)(c2ccco2)C(F)(F)F)c2cccs2)cc1. The number of carbonyl (C=O) groups excluding carboxylic acids is 1. The highest BCUT2D eigenvalue weighted by atomic mass is 32.1. The smallest absolute Gasteiger partial charge is 0.425 e. The molecule has 0 fully saturated rings. The number of alkyl halides is 3. The molecule has 3 aromatic rings. The zero-order valence-corrected chi connectivity index (χ0v) is 16.4. The predicted molar refractivity (Wildman–Crippen MR) is 103 cm³/mol. The predicted octanol–water partition coefficient (Wildman–Crippen LogP) is 4.95. The van der Waals surface area contributed by atoms with Crippen LogP contribution in [-0.2, 0) is 16.8 Å². The Morgan fingerprint density at radius 1 is 1.17 bits per heavy atom. The summed E-state index contributed by atoms with van der Waals surface area (Å²) in [5.74, 6) is -1.67. The second-order valence-corrected chi connectivity index (χ2v) is 7.60.